The van der Waals surface area contributed by atoms with Crippen LogP contribution in [0.15, 0.2) is 292 Å². The van der Waals surface area contributed by atoms with Crippen molar-refractivity contribution in [3.8, 4) is 0 Å². The average molecular weight is 1880 g/mol. The predicted octanol–water partition coefficient (Wildman–Crippen LogP) is 20.9. The summed E-state index contributed by atoms with van der Waals surface area (Å²) in [6, 6.07) is 60.4. The number of nitro groups is 1. The maximum atomic E-state index is 14.2. The van der Waals surface area contributed by atoms with Crippen LogP contribution in [0.1, 0.15) is 130 Å². The van der Waals surface area contributed by atoms with E-state index in [9.17, 15) is 146 Å². The van der Waals surface area contributed by atoms with E-state index in [0.29, 0.717) is 33.9 Å². The number of hydrogen-bond acceptors (Lipinski definition) is 17. The topological polar surface area (TPSA) is 300 Å². The van der Waals surface area contributed by atoms with Crippen molar-refractivity contribution in [1.29, 1.82) is 0 Å². The molecule has 6 atom stereocenters. The number of anilines is 2. The number of non-ortho nitro benzene ring substituents is 1. The number of rotatable bonds is 25. The number of ether oxygens (including phenoxy) is 1. The van der Waals surface area contributed by atoms with Gasteiger partial charge in [0.2, 0.25) is 5.72 Å². The maximum absolute atomic E-state index is 14.2. The van der Waals surface area contributed by atoms with Gasteiger partial charge in [0.1, 0.15) is 17.3 Å². The molecule has 11 rings (SSSR count). The first-order chi connectivity index (χ1) is 61.4. The number of carbonyl (C=O) groups is 7. The molecular weight excluding hydrogens is 1790 g/mol. The lowest BCUT2D eigenvalue weighted by molar-refractivity contribution is -0.384. The normalized spacial score (nSPS) is 15.1. The van der Waals surface area contributed by atoms with E-state index in [-0.39, 0.29) is 76.8 Å². The van der Waals surface area contributed by atoms with Gasteiger partial charge in [-0.25, -0.2) is 0 Å². The molecule has 1 fully saturated rings. The number of carbonyl (C=O) groups excluding carboxylic acids is 7. The number of aliphatic hydroxyl groups excluding tert-OH is 2. The third kappa shape index (κ3) is 31.5. The molecule has 39 heteroatoms. The van der Waals surface area contributed by atoms with Crippen molar-refractivity contribution < 1.29 is 146 Å². The van der Waals surface area contributed by atoms with Gasteiger partial charge in [-0.1, -0.05) is 237 Å². The maximum Gasteiger partial charge on any atom is 0.454 e. The standard InChI is InChI=1S/C21H22F3NO2.C19H18F3NO2.C18H19F3N2O.C11H9F3O2.C8H4F3NO3.C8H6F3NO.C8H5F3O/c1-3-20(21(22,23)24,18-11-7-8-16(13-18)12-15(2)27)25-19(14-26)17-9-5-4-6-10-17;1-13(24)10-14-6-5-9-16(11-14)18(19(20,21)22)23-17(12-25-18)15-7-3-2-4-8-15;1-2-17(18(19,20)21,14-9-6-10-15(22)11-14)23-16(12-24)13-7-4-3-5-8-13;1-7(15)5-8-3-2-4-9(6-8)10(16)11(12,13)14;9-8(10,11)7(13)5-2-1-3-6(4-5)12(14)15;9-8(10,11)7(13)5-2-1-3-6(12)4-5;9-8(10,11)7(12)6-4-2-1-3-5-6/h3-11,13,19,25-26H,1,12,14H2,2H3;2-9,11,17,23H,10,12H2,1H3;2-11,16,23-24H,1,12,22H2;2-4,6H,5H2,1H3;1-4H;1-4H,12H2;1-5H. The minimum atomic E-state index is -5.02. The number of Topliss-reactive ketones (excluding diaryl/α,β-unsaturated/α-hetero) is 7. The number of halogens is 21. The Balaban J connectivity index is 0.000000278. The zero-order valence-corrected chi connectivity index (χ0v) is 69.5. The number of ketones is 7. The first kappa shape index (κ1) is 109. The van der Waals surface area contributed by atoms with Crippen LogP contribution in [0.2, 0.25) is 0 Å². The van der Waals surface area contributed by atoms with Crippen LogP contribution in [0.5, 0.6) is 0 Å². The molecule has 10 aromatic rings. The van der Waals surface area contributed by atoms with Crippen LogP contribution in [-0.4, -0.2) is 119 Å². The van der Waals surface area contributed by atoms with Crippen LogP contribution in [0.3, 0.4) is 0 Å². The molecule has 0 amide bonds. The molecule has 10 aromatic carbocycles. The van der Waals surface area contributed by atoms with E-state index in [0.717, 1.165) is 72.3 Å². The Kier molecular flexibility index (Phi) is 39.3. The van der Waals surface area contributed by atoms with E-state index in [2.05, 4.69) is 29.1 Å². The van der Waals surface area contributed by atoms with E-state index in [1.54, 1.807) is 103 Å². The Hall–Kier alpha value is -13.3. The molecule has 132 heavy (non-hydrogen) atoms. The van der Waals surface area contributed by atoms with Crippen molar-refractivity contribution in [2.24, 2.45) is 0 Å². The Morgan fingerprint density at radius 2 is 0.758 bits per heavy atom. The molecule has 1 heterocycles. The van der Waals surface area contributed by atoms with Crippen molar-refractivity contribution >= 4 is 57.5 Å². The van der Waals surface area contributed by atoms with E-state index in [1.165, 1.54) is 118 Å². The SMILES string of the molecule is C=CC(NC(CO)c1ccccc1)(c1cccc(CC(C)=O)c1)C(F)(F)F.C=CC(NC(CO)c1ccccc1)(c1cccc(N)c1)C(F)(F)F.CC(=O)Cc1cccc(C(=O)C(F)(F)F)c1.CC(=O)Cc1cccc(C2(C(F)(F)F)NC(c3ccccc3)CO2)c1.Nc1cccc(C(=O)C(F)(F)F)c1.O=C(c1cccc([N+](=O)[O-])c1)C(F)(F)F.O=C(c1ccccc1)C(F)(F)F. The second-order valence-corrected chi connectivity index (χ2v) is 28.7. The van der Waals surface area contributed by atoms with Crippen LogP contribution in [0.25, 0.3) is 0 Å². The second kappa shape index (κ2) is 47.5. The highest BCUT2D eigenvalue weighted by molar-refractivity contribution is 6.02. The summed E-state index contributed by atoms with van der Waals surface area (Å²) in [5.41, 5.74) is 4.02. The number of nitrogens with one attached hydrogen (secondary N) is 3. The number of alkyl halides is 21. The van der Waals surface area contributed by atoms with Crippen molar-refractivity contribution in [2.45, 2.75) is 118 Å². The first-order valence-electron chi connectivity index (χ1n) is 38.5. The molecule has 0 radical (unpaired) electrons. The summed E-state index contributed by atoms with van der Waals surface area (Å²) in [6.45, 7) is 9.79. The molecule has 9 N–H and O–H groups in total. The largest absolute Gasteiger partial charge is 0.454 e. The zero-order chi connectivity index (χ0) is 99.2. The van der Waals surface area contributed by atoms with Crippen LogP contribution in [-0.2, 0) is 55.2 Å². The average Bonchev–Trinajstić information content (AvgIpc) is 1.60. The van der Waals surface area contributed by atoms with Crippen LogP contribution in [0.4, 0.5) is 109 Å². The highest BCUT2D eigenvalue weighted by Gasteiger charge is 2.62. The summed E-state index contributed by atoms with van der Waals surface area (Å²) in [7, 11) is 0. The zero-order valence-electron chi connectivity index (χ0n) is 69.5. The lowest BCUT2D eigenvalue weighted by Crippen LogP contribution is -2.54. The number of benzene rings is 10. The highest BCUT2D eigenvalue weighted by Crippen LogP contribution is 2.48. The van der Waals surface area contributed by atoms with Gasteiger partial charge < -0.3 is 26.4 Å². The molecule has 0 aromatic heterocycles. The highest BCUT2D eigenvalue weighted by atomic mass is 19.4. The van der Waals surface area contributed by atoms with Crippen LogP contribution < -0.4 is 27.4 Å². The minimum Gasteiger partial charge on any atom is -0.399 e. The number of hydrogen-bond donors (Lipinski definition) is 7. The van der Waals surface area contributed by atoms with Crippen molar-refractivity contribution in [1.82, 2.24) is 16.0 Å². The number of nitro benzene ring substituents is 1. The minimum absolute atomic E-state index is 0.0268. The van der Waals surface area contributed by atoms with Gasteiger partial charge in [-0.15, -0.1) is 13.2 Å². The quantitative estimate of drug-likeness (QED) is 0.00698. The molecule has 6 unspecified atom stereocenters. The smallest absolute Gasteiger partial charge is 0.399 e. The monoisotopic (exact) mass is 1870 g/mol. The van der Waals surface area contributed by atoms with Gasteiger partial charge in [0, 0.05) is 70.6 Å². The Morgan fingerprint density at radius 3 is 1.13 bits per heavy atom. The fourth-order valence-electron chi connectivity index (χ4n) is 12.5. The van der Waals surface area contributed by atoms with Gasteiger partial charge in [0.25, 0.3) is 28.8 Å². The molecule has 704 valence electrons. The Labute approximate surface area is 740 Å². The van der Waals surface area contributed by atoms with Gasteiger partial charge in [0.15, 0.2) is 11.1 Å². The molecule has 0 aliphatic carbocycles. The van der Waals surface area contributed by atoms with E-state index < -0.39 is 142 Å². The number of aliphatic hydroxyl groups is 2. The molecular formula is C93H83F21N6O12. The van der Waals surface area contributed by atoms with Gasteiger partial charge in [-0.3, -0.25) is 59.6 Å². The van der Waals surface area contributed by atoms with Gasteiger partial charge in [-0.2, -0.15) is 92.2 Å². The Morgan fingerprint density at radius 1 is 0.432 bits per heavy atom. The van der Waals surface area contributed by atoms with Gasteiger partial charge in [0.05, 0.1) is 42.9 Å². The van der Waals surface area contributed by atoms with Gasteiger partial charge >= 0.3 is 43.2 Å². The summed E-state index contributed by atoms with van der Waals surface area (Å²) < 4.78 is 275. The Bertz CT molecular complexity index is 5550. The molecule has 1 saturated heterocycles. The molecule has 1 aliphatic heterocycles. The fourth-order valence-corrected chi connectivity index (χ4v) is 12.5. The van der Waals surface area contributed by atoms with Crippen molar-refractivity contribution in [3.63, 3.8) is 0 Å². The lowest BCUT2D eigenvalue weighted by atomic mass is 9.86. The summed E-state index contributed by atoms with van der Waals surface area (Å²) in [4.78, 5) is 85.6. The predicted molar refractivity (Wildman–Crippen MR) is 446 cm³/mol. The summed E-state index contributed by atoms with van der Waals surface area (Å²) >= 11 is 0. The van der Waals surface area contributed by atoms with Crippen molar-refractivity contribution in [3.05, 3.63) is 375 Å². The second-order valence-electron chi connectivity index (χ2n) is 28.7. The fraction of sp³-hybridized carbons (Fsp3) is 0.237. The van der Waals surface area contributed by atoms with E-state index >= 15 is 0 Å². The van der Waals surface area contributed by atoms with E-state index in [1.807, 2.05) is 6.07 Å². The van der Waals surface area contributed by atoms with Crippen LogP contribution in [0, 0.1) is 10.1 Å². The third-order valence-electron chi connectivity index (χ3n) is 18.7. The molecule has 0 bridgehead atoms. The number of nitrogens with two attached hydrogens (primary N) is 2. The lowest BCUT2D eigenvalue weighted by Gasteiger charge is -2.38. The van der Waals surface area contributed by atoms with Crippen LogP contribution >= 0.6 is 0 Å². The summed E-state index contributed by atoms with van der Waals surface area (Å²) in [5.74, 6) is -8.09. The van der Waals surface area contributed by atoms with Crippen molar-refractivity contribution in [2.75, 3.05) is 31.3 Å². The summed E-state index contributed by atoms with van der Waals surface area (Å²) in [5, 5.41) is 37.3. The number of nitrogens with zero attached hydrogens (tertiary/aromatic N) is 1. The first-order valence-corrected chi connectivity index (χ1v) is 38.5. The van der Waals surface area contributed by atoms with Gasteiger partial charge in [-0.05, 0) is 95.6 Å². The molecule has 0 spiro atoms. The third-order valence-corrected chi connectivity index (χ3v) is 18.7. The molecule has 1 aliphatic rings. The van der Waals surface area contributed by atoms with E-state index in [4.69, 9.17) is 16.2 Å². The number of nitrogen functional groups attached to an aromatic ring is 2. The summed E-state index contributed by atoms with van der Waals surface area (Å²) in [6.07, 6.45) is -31.8. The molecule has 18 nitrogen and oxygen atoms in total. The molecule has 0 saturated carbocycles.